The summed E-state index contributed by atoms with van der Waals surface area (Å²) in [4.78, 5) is 8.54. The number of hydrogen-bond acceptors (Lipinski definition) is 4. The first-order chi connectivity index (χ1) is 9.12. The van der Waals surface area contributed by atoms with E-state index in [0.29, 0.717) is 11.7 Å². The summed E-state index contributed by atoms with van der Waals surface area (Å²) in [5, 5.41) is 8.15. The van der Waals surface area contributed by atoms with E-state index in [1.54, 1.807) is 6.07 Å². The summed E-state index contributed by atoms with van der Waals surface area (Å²) in [6.07, 6.45) is 3.71. The number of aryl methyl sites for hydroxylation is 3. The monoisotopic (exact) mass is 279 g/mol. The zero-order valence-electron chi connectivity index (χ0n) is 11.4. The van der Waals surface area contributed by atoms with Crippen molar-refractivity contribution >= 4 is 17.4 Å². The van der Waals surface area contributed by atoms with Gasteiger partial charge in [0.25, 0.3) is 0 Å². The molecule has 2 rings (SSSR count). The highest BCUT2D eigenvalue weighted by atomic mass is 35.5. The number of nitrogens with zero attached hydrogens (tertiary/aromatic N) is 4. The first kappa shape index (κ1) is 13.8. The van der Waals surface area contributed by atoms with E-state index in [-0.39, 0.29) is 0 Å². The van der Waals surface area contributed by atoms with Gasteiger partial charge in [-0.15, -0.1) is 0 Å². The van der Waals surface area contributed by atoms with Crippen LogP contribution >= 0.6 is 11.6 Å². The maximum atomic E-state index is 5.97. The maximum absolute atomic E-state index is 5.97. The van der Waals surface area contributed by atoms with Gasteiger partial charge in [-0.3, -0.25) is 4.68 Å². The molecule has 0 spiro atoms. The van der Waals surface area contributed by atoms with Gasteiger partial charge >= 0.3 is 0 Å². The van der Waals surface area contributed by atoms with E-state index < -0.39 is 0 Å². The molecule has 0 aliphatic carbocycles. The zero-order chi connectivity index (χ0) is 13.8. The van der Waals surface area contributed by atoms with Gasteiger partial charge in [-0.25, -0.2) is 9.97 Å². The Kier molecular flexibility index (Phi) is 4.37. The van der Waals surface area contributed by atoms with Crippen molar-refractivity contribution in [3.63, 3.8) is 0 Å². The molecule has 6 heteroatoms. The van der Waals surface area contributed by atoms with Crippen LogP contribution in [-0.4, -0.2) is 19.7 Å². The maximum Gasteiger partial charge on any atom is 0.134 e. The molecule has 5 nitrogen and oxygen atoms in total. The van der Waals surface area contributed by atoms with Gasteiger partial charge in [-0.05, 0) is 6.42 Å². The predicted octanol–water partition coefficient (Wildman–Crippen LogP) is 2.60. The Morgan fingerprint density at radius 1 is 1.26 bits per heavy atom. The first-order valence-electron chi connectivity index (χ1n) is 6.41. The number of halogens is 1. The highest BCUT2D eigenvalue weighted by molar-refractivity contribution is 6.29. The molecule has 19 heavy (non-hydrogen) atoms. The van der Waals surface area contributed by atoms with Crippen LogP contribution in [-0.2, 0) is 26.4 Å². The van der Waals surface area contributed by atoms with E-state index in [1.165, 1.54) is 5.56 Å². The number of hydrogen-bond donors (Lipinski definition) is 1. The van der Waals surface area contributed by atoms with E-state index in [9.17, 15) is 0 Å². The minimum Gasteiger partial charge on any atom is -0.366 e. The lowest BCUT2D eigenvalue weighted by atomic mass is 10.2. The molecule has 0 fully saturated rings. The molecule has 0 bridgehead atoms. The lowest BCUT2D eigenvalue weighted by Crippen LogP contribution is -2.05. The molecule has 0 amide bonds. The van der Waals surface area contributed by atoms with Gasteiger partial charge < -0.3 is 5.32 Å². The van der Waals surface area contributed by atoms with Gasteiger partial charge in [0.1, 0.15) is 16.8 Å². The third kappa shape index (κ3) is 3.44. The number of aromatic nitrogens is 4. The SMILES string of the molecule is CCc1nc(Cl)cc(NCc2cn(C)nc2CC)n1. The second-order valence-electron chi connectivity index (χ2n) is 4.33. The van der Waals surface area contributed by atoms with E-state index in [1.807, 2.05) is 24.9 Å². The van der Waals surface area contributed by atoms with Crippen LogP contribution in [0, 0.1) is 0 Å². The molecule has 1 N–H and O–H groups in total. The molecule has 0 atom stereocenters. The van der Waals surface area contributed by atoms with Gasteiger partial charge in [0.2, 0.25) is 0 Å². The zero-order valence-corrected chi connectivity index (χ0v) is 12.2. The summed E-state index contributed by atoms with van der Waals surface area (Å²) in [5.74, 6) is 1.50. The third-order valence-electron chi connectivity index (χ3n) is 2.84. The molecule has 2 aromatic rings. The second-order valence-corrected chi connectivity index (χ2v) is 4.71. The normalized spacial score (nSPS) is 10.7. The Labute approximate surface area is 118 Å². The fourth-order valence-corrected chi connectivity index (χ4v) is 2.13. The van der Waals surface area contributed by atoms with Crippen molar-refractivity contribution in [2.45, 2.75) is 33.2 Å². The van der Waals surface area contributed by atoms with Crippen molar-refractivity contribution in [2.75, 3.05) is 5.32 Å². The Balaban J connectivity index is 2.11. The smallest absolute Gasteiger partial charge is 0.134 e. The lowest BCUT2D eigenvalue weighted by Gasteiger charge is -2.07. The highest BCUT2D eigenvalue weighted by Crippen LogP contribution is 2.14. The average molecular weight is 280 g/mol. The van der Waals surface area contributed by atoms with Crippen LogP contribution in [0.5, 0.6) is 0 Å². The topological polar surface area (TPSA) is 55.6 Å². The minimum atomic E-state index is 0.469. The average Bonchev–Trinajstić information content (AvgIpc) is 2.76. The standard InChI is InChI=1S/C13H18ClN5/c1-4-10-9(8-19(3)18-10)7-15-13-6-11(14)16-12(5-2)17-13/h6,8H,4-5,7H2,1-3H3,(H,15,16,17). The fourth-order valence-electron chi connectivity index (χ4n) is 1.93. The van der Waals surface area contributed by atoms with Crippen molar-refractivity contribution in [1.29, 1.82) is 0 Å². The van der Waals surface area contributed by atoms with Crippen molar-refractivity contribution in [3.05, 3.63) is 34.5 Å². The molecule has 2 aromatic heterocycles. The molecule has 0 aliphatic rings. The number of nitrogens with one attached hydrogen (secondary N) is 1. The first-order valence-corrected chi connectivity index (χ1v) is 6.78. The van der Waals surface area contributed by atoms with Crippen molar-refractivity contribution in [3.8, 4) is 0 Å². The summed E-state index contributed by atoms with van der Waals surface area (Å²) in [6.45, 7) is 4.79. The Morgan fingerprint density at radius 2 is 2.05 bits per heavy atom. The molecular weight excluding hydrogens is 262 g/mol. The van der Waals surface area contributed by atoms with Crippen LogP contribution in [0.2, 0.25) is 5.15 Å². The van der Waals surface area contributed by atoms with Gasteiger partial charge in [-0.1, -0.05) is 25.4 Å². The minimum absolute atomic E-state index is 0.469. The van der Waals surface area contributed by atoms with Crippen LogP contribution in [0.1, 0.15) is 30.9 Å². The van der Waals surface area contributed by atoms with Crippen molar-refractivity contribution in [1.82, 2.24) is 19.7 Å². The van der Waals surface area contributed by atoms with Crippen LogP contribution < -0.4 is 5.32 Å². The predicted molar refractivity (Wildman–Crippen MR) is 76.3 cm³/mol. The Bertz CT molecular complexity index is 564. The van der Waals surface area contributed by atoms with Crippen LogP contribution in [0.4, 0.5) is 5.82 Å². The largest absolute Gasteiger partial charge is 0.366 e. The molecule has 0 aromatic carbocycles. The molecule has 2 heterocycles. The van der Waals surface area contributed by atoms with E-state index in [4.69, 9.17) is 11.6 Å². The summed E-state index contributed by atoms with van der Waals surface area (Å²) < 4.78 is 1.83. The van der Waals surface area contributed by atoms with E-state index in [2.05, 4.69) is 27.3 Å². The number of rotatable bonds is 5. The molecule has 0 saturated heterocycles. The summed E-state index contributed by atoms with van der Waals surface area (Å²) >= 11 is 5.97. The fraction of sp³-hybridized carbons (Fsp3) is 0.462. The summed E-state index contributed by atoms with van der Waals surface area (Å²) in [7, 11) is 1.93. The molecule has 0 unspecified atom stereocenters. The summed E-state index contributed by atoms with van der Waals surface area (Å²) in [5.41, 5.74) is 2.28. The summed E-state index contributed by atoms with van der Waals surface area (Å²) in [6, 6.07) is 1.74. The molecule has 0 radical (unpaired) electrons. The molecule has 0 aliphatic heterocycles. The Hall–Kier alpha value is -1.62. The van der Waals surface area contributed by atoms with E-state index >= 15 is 0 Å². The van der Waals surface area contributed by atoms with Gasteiger partial charge in [0, 0.05) is 37.8 Å². The highest BCUT2D eigenvalue weighted by Gasteiger charge is 2.07. The second kappa shape index (κ2) is 6.02. The lowest BCUT2D eigenvalue weighted by molar-refractivity contribution is 0.746. The van der Waals surface area contributed by atoms with Gasteiger partial charge in [-0.2, -0.15) is 5.10 Å². The molecule has 0 saturated carbocycles. The van der Waals surface area contributed by atoms with Crippen molar-refractivity contribution in [2.24, 2.45) is 7.05 Å². The van der Waals surface area contributed by atoms with Gasteiger partial charge in [0.15, 0.2) is 0 Å². The molecular formula is C13H18ClN5. The third-order valence-corrected chi connectivity index (χ3v) is 3.04. The van der Waals surface area contributed by atoms with Crippen molar-refractivity contribution < 1.29 is 0 Å². The molecule has 102 valence electrons. The number of anilines is 1. The van der Waals surface area contributed by atoms with Crippen LogP contribution in [0.3, 0.4) is 0 Å². The van der Waals surface area contributed by atoms with Gasteiger partial charge in [0.05, 0.1) is 5.69 Å². The van der Waals surface area contributed by atoms with Crippen LogP contribution in [0.25, 0.3) is 0 Å². The van der Waals surface area contributed by atoms with Crippen LogP contribution in [0.15, 0.2) is 12.3 Å². The quantitative estimate of drug-likeness (QED) is 0.855. The van der Waals surface area contributed by atoms with E-state index in [0.717, 1.165) is 30.2 Å². The Morgan fingerprint density at radius 3 is 2.74 bits per heavy atom.